The Labute approximate surface area is 149 Å². The second-order valence-electron chi connectivity index (χ2n) is 7.20. The van der Waals surface area contributed by atoms with Crippen molar-refractivity contribution in [3.63, 3.8) is 0 Å². The van der Waals surface area contributed by atoms with E-state index < -0.39 is 6.10 Å². The van der Waals surface area contributed by atoms with Gasteiger partial charge in [-0.3, -0.25) is 4.90 Å². The SMILES string of the molecule is CC(C)C[C@H](O)c1ccc2c(c1)CN(Cc1ccc(F)cc1)CCO2. The van der Waals surface area contributed by atoms with Crippen LogP contribution < -0.4 is 4.74 Å². The zero-order chi connectivity index (χ0) is 17.8. The number of halogens is 1. The molecule has 3 rings (SSSR count). The highest BCUT2D eigenvalue weighted by molar-refractivity contribution is 5.38. The molecule has 4 heteroatoms. The van der Waals surface area contributed by atoms with E-state index in [9.17, 15) is 9.50 Å². The fraction of sp³-hybridized carbons (Fsp3) is 0.429. The first-order chi connectivity index (χ1) is 12.0. The monoisotopic (exact) mass is 343 g/mol. The lowest BCUT2D eigenvalue weighted by Crippen LogP contribution is -2.25. The van der Waals surface area contributed by atoms with Crippen molar-refractivity contribution < 1.29 is 14.2 Å². The highest BCUT2D eigenvalue weighted by Crippen LogP contribution is 2.29. The third kappa shape index (κ3) is 4.80. The normalized spacial score (nSPS) is 16.2. The summed E-state index contributed by atoms with van der Waals surface area (Å²) in [5.74, 6) is 1.12. The lowest BCUT2D eigenvalue weighted by molar-refractivity contribution is 0.151. The van der Waals surface area contributed by atoms with Crippen LogP contribution in [-0.4, -0.2) is 23.2 Å². The Kier molecular flexibility index (Phi) is 5.71. The molecule has 0 saturated carbocycles. The predicted octanol–water partition coefficient (Wildman–Crippen LogP) is 4.30. The molecule has 2 aromatic carbocycles. The first kappa shape index (κ1) is 17.9. The van der Waals surface area contributed by atoms with E-state index in [1.807, 2.05) is 24.3 Å². The van der Waals surface area contributed by atoms with Crippen LogP contribution >= 0.6 is 0 Å². The van der Waals surface area contributed by atoms with E-state index in [4.69, 9.17) is 4.74 Å². The van der Waals surface area contributed by atoms with Gasteiger partial charge in [0, 0.05) is 25.2 Å². The molecule has 0 bridgehead atoms. The van der Waals surface area contributed by atoms with Gasteiger partial charge in [0.25, 0.3) is 0 Å². The van der Waals surface area contributed by atoms with Crippen LogP contribution in [0.25, 0.3) is 0 Å². The van der Waals surface area contributed by atoms with Crippen molar-refractivity contribution in [1.82, 2.24) is 4.90 Å². The average Bonchev–Trinajstić information content (AvgIpc) is 2.77. The van der Waals surface area contributed by atoms with Crippen LogP contribution in [-0.2, 0) is 13.1 Å². The molecule has 0 amide bonds. The number of aliphatic hydroxyl groups excluding tert-OH is 1. The van der Waals surface area contributed by atoms with E-state index in [0.29, 0.717) is 12.5 Å². The molecular formula is C21H26FNO2. The molecule has 0 aromatic heterocycles. The molecule has 1 atom stereocenters. The van der Waals surface area contributed by atoms with Gasteiger partial charge in [-0.05, 0) is 47.7 Å². The van der Waals surface area contributed by atoms with Crippen molar-refractivity contribution in [1.29, 1.82) is 0 Å². The number of hydrogen-bond acceptors (Lipinski definition) is 3. The summed E-state index contributed by atoms with van der Waals surface area (Å²) >= 11 is 0. The summed E-state index contributed by atoms with van der Waals surface area (Å²) in [7, 11) is 0. The van der Waals surface area contributed by atoms with Crippen molar-refractivity contribution in [2.75, 3.05) is 13.2 Å². The van der Waals surface area contributed by atoms with Crippen molar-refractivity contribution in [3.05, 3.63) is 65.0 Å². The van der Waals surface area contributed by atoms with Gasteiger partial charge in [-0.1, -0.05) is 32.0 Å². The van der Waals surface area contributed by atoms with Gasteiger partial charge in [0.2, 0.25) is 0 Å². The highest BCUT2D eigenvalue weighted by Gasteiger charge is 2.18. The Morgan fingerprint density at radius 3 is 2.64 bits per heavy atom. The molecule has 1 N–H and O–H groups in total. The van der Waals surface area contributed by atoms with Gasteiger partial charge in [-0.15, -0.1) is 0 Å². The summed E-state index contributed by atoms with van der Waals surface area (Å²) in [5.41, 5.74) is 3.13. The molecule has 0 fully saturated rings. The predicted molar refractivity (Wildman–Crippen MR) is 96.9 cm³/mol. The van der Waals surface area contributed by atoms with E-state index in [1.165, 1.54) is 12.1 Å². The summed E-state index contributed by atoms with van der Waals surface area (Å²) in [4.78, 5) is 2.29. The van der Waals surface area contributed by atoms with E-state index >= 15 is 0 Å². The minimum absolute atomic E-state index is 0.211. The molecule has 0 unspecified atom stereocenters. The zero-order valence-electron chi connectivity index (χ0n) is 14.9. The summed E-state index contributed by atoms with van der Waals surface area (Å²) in [6, 6.07) is 12.6. The van der Waals surface area contributed by atoms with Crippen LogP contribution in [0.3, 0.4) is 0 Å². The van der Waals surface area contributed by atoms with Gasteiger partial charge in [0.05, 0.1) is 6.10 Å². The van der Waals surface area contributed by atoms with Gasteiger partial charge in [0.1, 0.15) is 18.2 Å². The van der Waals surface area contributed by atoms with E-state index in [2.05, 4.69) is 24.8 Å². The maximum absolute atomic E-state index is 13.1. The number of fused-ring (bicyclic) bond motifs is 1. The summed E-state index contributed by atoms with van der Waals surface area (Å²) < 4.78 is 18.9. The molecule has 0 spiro atoms. The minimum atomic E-state index is -0.445. The van der Waals surface area contributed by atoms with Crippen LogP contribution in [0.5, 0.6) is 5.75 Å². The van der Waals surface area contributed by atoms with Gasteiger partial charge < -0.3 is 9.84 Å². The lowest BCUT2D eigenvalue weighted by atomic mass is 9.97. The van der Waals surface area contributed by atoms with Crippen LogP contribution in [0.15, 0.2) is 42.5 Å². The number of benzene rings is 2. The molecule has 25 heavy (non-hydrogen) atoms. The van der Waals surface area contributed by atoms with Crippen molar-refractivity contribution >= 4 is 0 Å². The maximum Gasteiger partial charge on any atom is 0.123 e. The third-order valence-electron chi connectivity index (χ3n) is 4.54. The summed E-state index contributed by atoms with van der Waals surface area (Å²) in [5, 5.41) is 10.4. The Balaban J connectivity index is 1.75. The van der Waals surface area contributed by atoms with Crippen molar-refractivity contribution in [3.8, 4) is 5.75 Å². The third-order valence-corrected chi connectivity index (χ3v) is 4.54. The quantitative estimate of drug-likeness (QED) is 0.878. The Morgan fingerprint density at radius 1 is 1.16 bits per heavy atom. The van der Waals surface area contributed by atoms with Crippen molar-refractivity contribution in [2.24, 2.45) is 5.92 Å². The summed E-state index contributed by atoms with van der Waals surface area (Å²) in [6.45, 7) is 7.18. The first-order valence-electron chi connectivity index (χ1n) is 8.92. The van der Waals surface area contributed by atoms with Crippen LogP contribution in [0.4, 0.5) is 4.39 Å². The number of rotatable bonds is 5. The highest BCUT2D eigenvalue weighted by atomic mass is 19.1. The van der Waals surface area contributed by atoms with E-state index in [0.717, 1.165) is 48.5 Å². The second-order valence-corrected chi connectivity index (χ2v) is 7.20. The Hall–Kier alpha value is -1.91. The Bertz CT molecular complexity index is 700. The largest absolute Gasteiger partial charge is 0.492 e. The van der Waals surface area contributed by atoms with Crippen LogP contribution in [0.2, 0.25) is 0 Å². The van der Waals surface area contributed by atoms with Crippen molar-refractivity contribution in [2.45, 2.75) is 39.5 Å². The van der Waals surface area contributed by atoms with Crippen LogP contribution in [0.1, 0.15) is 43.1 Å². The molecule has 0 saturated heterocycles. The average molecular weight is 343 g/mol. The molecule has 1 heterocycles. The molecule has 3 nitrogen and oxygen atoms in total. The first-order valence-corrected chi connectivity index (χ1v) is 8.92. The van der Waals surface area contributed by atoms with Gasteiger partial charge in [0.15, 0.2) is 0 Å². The fourth-order valence-corrected chi connectivity index (χ4v) is 3.24. The van der Waals surface area contributed by atoms with Crippen LogP contribution in [0, 0.1) is 11.7 Å². The standard InChI is InChI=1S/C21H26FNO2/c1-15(2)11-20(24)17-5-8-21-18(12-17)14-23(9-10-25-21)13-16-3-6-19(22)7-4-16/h3-8,12,15,20,24H,9-11,13-14H2,1-2H3/t20-/m0/s1. The molecule has 0 aliphatic carbocycles. The molecular weight excluding hydrogens is 317 g/mol. The van der Waals surface area contributed by atoms with E-state index in [1.54, 1.807) is 0 Å². The van der Waals surface area contributed by atoms with Gasteiger partial charge in [-0.2, -0.15) is 0 Å². The molecule has 0 radical (unpaired) electrons. The number of aliphatic hydroxyl groups is 1. The minimum Gasteiger partial charge on any atom is -0.492 e. The molecule has 1 aliphatic heterocycles. The maximum atomic E-state index is 13.1. The molecule has 1 aliphatic rings. The van der Waals surface area contributed by atoms with Gasteiger partial charge >= 0.3 is 0 Å². The fourth-order valence-electron chi connectivity index (χ4n) is 3.24. The smallest absolute Gasteiger partial charge is 0.123 e. The lowest BCUT2D eigenvalue weighted by Gasteiger charge is -2.20. The topological polar surface area (TPSA) is 32.7 Å². The number of ether oxygens (including phenoxy) is 1. The Morgan fingerprint density at radius 2 is 1.92 bits per heavy atom. The summed E-state index contributed by atoms with van der Waals surface area (Å²) in [6.07, 6.45) is 0.304. The number of nitrogens with zero attached hydrogens (tertiary/aromatic N) is 1. The van der Waals surface area contributed by atoms with E-state index in [-0.39, 0.29) is 5.82 Å². The zero-order valence-corrected chi connectivity index (χ0v) is 14.9. The number of hydrogen-bond donors (Lipinski definition) is 1. The molecule has 134 valence electrons. The molecule has 2 aromatic rings. The second kappa shape index (κ2) is 7.98. The van der Waals surface area contributed by atoms with Gasteiger partial charge in [-0.25, -0.2) is 4.39 Å².